The van der Waals surface area contributed by atoms with Crippen LogP contribution in [0.2, 0.25) is 0 Å². The number of aromatic nitrogens is 1. The summed E-state index contributed by atoms with van der Waals surface area (Å²) < 4.78 is 35.7. The molecule has 0 aliphatic carbocycles. The molecule has 1 amide bonds. The second kappa shape index (κ2) is 6.12. The van der Waals surface area contributed by atoms with Gasteiger partial charge in [-0.3, -0.25) is 4.79 Å². The van der Waals surface area contributed by atoms with Gasteiger partial charge in [0.05, 0.1) is 7.11 Å². The minimum atomic E-state index is -1.43. The molecule has 1 heterocycles. The van der Waals surface area contributed by atoms with E-state index in [1.54, 1.807) is 0 Å². The van der Waals surface area contributed by atoms with Crippen LogP contribution in [0.3, 0.4) is 0 Å². The van der Waals surface area contributed by atoms with Gasteiger partial charge in [-0.05, 0) is 6.07 Å². The molecule has 2 aromatic rings. The zero-order valence-corrected chi connectivity index (χ0v) is 10.8. The minimum absolute atomic E-state index is 0.0913. The molecule has 0 unspecified atom stereocenters. The summed E-state index contributed by atoms with van der Waals surface area (Å²) in [6.07, 6.45) is 1.17. The van der Waals surface area contributed by atoms with Gasteiger partial charge in [0.15, 0.2) is 11.7 Å². The van der Waals surface area contributed by atoms with Crippen molar-refractivity contribution in [3.05, 3.63) is 53.4 Å². The number of hydrogen-bond acceptors (Lipinski definition) is 5. The van der Waals surface area contributed by atoms with Crippen molar-refractivity contribution in [3.8, 4) is 0 Å². The van der Waals surface area contributed by atoms with Gasteiger partial charge in [-0.2, -0.15) is 0 Å². The third-order valence-corrected chi connectivity index (χ3v) is 2.66. The summed E-state index contributed by atoms with van der Waals surface area (Å²) in [5.74, 6) is -3.45. The molecule has 0 fully saturated rings. The Hall–Kier alpha value is -2.77. The third-order valence-electron chi connectivity index (χ3n) is 2.66. The van der Waals surface area contributed by atoms with E-state index in [2.05, 4.69) is 19.7 Å². The van der Waals surface area contributed by atoms with Gasteiger partial charge in [0, 0.05) is 17.7 Å². The van der Waals surface area contributed by atoms with Crippen LogP contribution in [0, 0.1) is 11.6 Å². The molecule has 1 aromatic carbocycles. The van der Waals surface area contributed by atoms with E-state index >= 15 is 0 Å². The summed E-state index contributed by atoms with van der Waals surface area (Å²) >= 11 is 0. The molecule has 0 radical (unpaired) electrons. The van der Waals surface area contributed by atoms with Crippen LogP contribution in [0.15, 0.2) is 35.1 Å². The second-order valence-corrected chi connectivity index (χ2v) is 3.98. The van der Waals surface area contributed by atoms with Gasteiger partial charge >= 0.3 is 5.97 Å². The first-order valence-electron chi connectivity index (χ1n) is 5.77. The molecule has 0 aliphatic heterocycles. The normalized spacial score (nSPS) is 11.8. The number of carbonyl (C=O) groups is 2. The number of nitrogens with one attached hydrogen (secondary N) is 1. The maximum atomic E-state index is 13.8. The number of methoxy groups -OCH3 is 1. The van der Waals surface area contributed by atoms with E-state index in [0.717, 1.165) is 19.2 Å². The van der Waals surface area contributed by atoms with Gasteiger partial charge in [0.25, 0.3) is 5.91 Å². The monoisotopic (exact) mass is 296 g/mol. The van der Waals surface area contributed by atoms with Gasteiger partial charge in [-0.15, -0.1) is 0 Å². The summed E-state index contributed by atoms with van der Waals surface area (Å²) in [4.78, 5) is 23.6. The Kier molecular flexibility index (Phi) is 4.27. The van der Waals surface area contributed by atoms with E-state index in [-0.39, 0.29) is 11.3 Å². The number of hydrogen-bond donors (Lipinski definition) is 1. The van der Waals surface area contributed by atoms with Crippen LogP contribution in [-0.2, 0) is 9.53 Å². The van der Waals surface area contributed by atoms with Crippen LogP contribution in [0.1, 0.15) is 22.1 Å². The summed E-state index contributed by atoms with van der Waals surface area (Å²) in [6, 6.07) is 2.46. The van der Waals surface area contributed by atoms with Crippen molar-refractivity contribution in [1.82, 2.24) is 10.5 Å². The fourth-order valence-corrected chi connectivity index (χ4v) is 1.65. The molecule has 0 bridgehead atoms. The van der Waals surface area contributed by atoms with E-state index in [0.29, 0.717) is 6.07 Å². The summed E-state index contributed by atoms with van der Waals surface area (Å²) in [6.45, 7) is 0. The molecule has 21 heavy (non-hydrogen) atoms. The van der Waals surface area contributed by atoms with E-state index in [4.69, 9.17) is 0 Å². The number of halogens is 2. The lowest BCUT2D eigenvalue weighted by molar-refractivity contribution is -0.143. The minimum Gasteiger partial charge on any atom is -0.467 e. The Balaban J connectivity index is 2.30. The fourth-order valence-electron chi connectivity index (χ4n) is 1.65. The van der Waals surface area contributed by atoms with E-state index in [1.807, 2.05) is 0 Å². The average Bonchev–Trinajstić information content (AvgIpc) is 2.98. The van der Waals surface area contributed by atoms with Crippen LogP contribution in [0.25, 0.3) is 0 Å². The first kappa shape index (κ1) is 14.6. The predicted octanol–water partition coefficient (Wildman–Crippen LogP) is 1.60. The van der Waals surface area contributed by atoms with Gasteiger partial charge in [0.2, 0.25) is 0 Å². The molecular formula is C13H10F2N2O4. The van der Waals surface area contributed by atoms with Gasteiger partial charge in [-0.25, -0.2) is 13.6 Å². The van der Waals surface area contributed by atoms with E-state index < -0.39 is 29.6 Å². The molecule has 1 aromatic heterocycles. The fraction of sp³-hybridized carbons (Fsp3) is 0.154. The molecule has 0 spiro atoms. The molecule has 1 N–H and O–H groups in total. The van der Waals surface area contributed by atoms with Crippen molar-refractivity contribution in [2.45, 2.75) is 6.04 Å². The van der Waals surface area contributed by atoms with Crippen molar-refractivity contribution in [2.24, 2.45) is 0 Å². The molecule has 0 saturated carbocycles. The van der Waals surface area contributed by atoms with Crippen molar-refractivity contribution < 1.29 is 27.6 Å². The maximum Gasteiger partial charge on any atom is 0.333 e. The molecular weight excluding hydrogens is 286 g/mol. The van der Waals surface area contributed by atoms with Crippen LogP contribution < -0.4 is 5.32 Å². The largest absolute Gasteiger partial charge is 0.467 e. The Labute approximate surface area is 117 Å². The lowest BCUT2D eigenvalue weighted by Gasteiger charge is -2.16. The van der Waals surface area contributed by atoms with Gasteiger partial charge < -0.3 is 14.6 Å². The first-order valence-corrected chi connectivity index (χ1v) is 5.77. The number of benzene rings is 1. The topological polar surface area (TPSA) is 81.4 Å². The highest BCUT2D eigenvalue weighted by Crippen LogP contribution is 2.20. The lowest BCUT2D eigenvalue weighted by Crippen LogP contribution is -2.35. The van der Waals surface area contributed by atoms with Gasteiger partial charge in [-0.1, -0.05) is 11.2 Å². The molecule has 2 rings (SSSR count). The van der Waals surface area contributed by atoms with Crippen LogP contribution >= 0.6 is 0 Å². The molecule has 0 aliphatic rings. The predicted molar refractivity (Wildman–Crippen MR) is 65.1 cm³/mol. The number of carbonyl (C=O) groups excluding carboxylic acids is 2. The lowest BCUT2D eigenvalue weighted by atomic mass is 10.1. The molecule has 110 valence electrons. The Morgan fingerprint density at radius 1 is 1.33 bits per heavy atom. The van der Waals surface area contributed by atoms with Crippen molar-refractivity contribution in [3.63, 3.8) is 0 Å². The number of rotatable bonds is 4. The zero-order chi connectivity index (χ0) is 15.4. The number of nitrogens with zero attached hydrogens (tertiary/aromatic N) is 1. The number of ether oxygens (including phenoxy) is 1. The van der Waals surface area contributed by atoms with E-state index in [9.17, 15) is 18.4 Å². The number of amides is 1. The van der Waals surface area contributed by atoms with Crippen LogP contribution in [0.5, 0.6) is 0 Å². The van der Waals surface area contributed by atoms with Crippen LogP contribution in [-0.4, -0.2) is 24.1 Å². The molecule has 8 heteroatoms. The van der Waals surface area contributed by atoms with E-state index in [1.165, 1.54) is 12.3 Å². The molecule has 6 nitrogen and oxygen atoms in total. The standard InChI is InChI=1S/C13H10F2N2O4/c1-20-13(19)11(8-3-2-7(14)6-9(8)15)16-12(18)10-4-5-21-17-10/h2-6,11H,1H3,(H,16,18)/t11-/m1/s1. The zero-order valence-electron chi connectivity index (χ0n) is 10.8. The highest BCUT2D eigenvalue weighted by atomic mass is 19.1. The Bertz CT molecular complexity index is 658. The second-order valence-electron chi connectivity index (χ2n) is 3.98. The summed E-state index contributed by atoms with van der Waals surface area (Å²) in [5, 5.41) is 5.64. The SMILES string of the molecule is COC(=O)[C@H](NC(=O)c1ccon1)c1ccc(F)cc1F. The van der Waals surface area contributed by atoms with Crippen molar-refractivity contribution in [2.75, 3.05) is 7.11 Å². The van der Waals surface area contributed by atoms with Crippen LogP contribution in [0.4, 0.5) is 8.78 Å². The quantitative estimate of drug-likeness (QED) is 0.867. The average molecular weight is 296 g/mol. The Morgan fingerprint density at radius 2 is 2.10 bits per heavy atom. The van der Waals surface area contributed by atoms with Crippen molar-refractivity contribution >= 4 is 11.9 Å². The summed E-state index contributed by atoms with van der Waals surface area (Å²) in [5.41, 5.74) is -0.313. The highest BCUT2D eigenvalue weighted by molar-refractivity contribution is 5.95. The van der Waals surface area contributed by atoms with Crippen molar-refractivity contribution in [1.29, 1.82) is 0 Å². The third kappa shape index (κ3) is 3.22. The maximum absolute atomic E-state index is 13.8. The summed E-state index contributed by atoms with van der Waals surface area (Å²) in [7, 11) is 1.08. The molecule has 1 atom stereocenters. The highest BCUT2D eigenvalue weighted by Gasteiger charge is 2.27. The Morgan fingerprint density at radius 3 is 2.67 bits per heavy atom. The van der Waals surface area contributed by atoms with Gasteiger partial charge in [0.1, 0.15) is 17.9 Å². The first-order chi connectivity index (χ1) is 10.0. The molecule has 0 saturated heterocycles. The number of esters is 1. The smallest absolute Gasteiger partial charge is 0.333 e.